The van der Waals surface area contributed by atoms with E-state index in [0.29, 0.717) is 30.1 Å². The molecule has 4 aromatic rings. The van der Waals surface area contributed by atoms with Gasteiger partial charge in [0.05, 0.1) is 30.6 Å². The summed E-state index contributed by atoms with van der Waals surface area (Å²) in [5.41, 5.74) is 2.89. The molecule has 1 aliphatic heterocycles. The first-order valence-corrected chi connectivity index (χ1v) is 13.6. The largest absolute Gasteiger partial charge is 0.377 e. The molecular weight excluding hydrogens is 504 g/mol. The van der Waals surface area contributed by atoms with Crippen molar-refractivity contribution < 1.29 is 9.29 Å². The molecule has 10 heteroatoms. The summed E-state index contributed by atoms with van der Waals surface area (Å²) >= 11 is 3.46. The maximum Gasteiger partial charge on any atom is 0.131 e. The SMILES string of the molecule is C[C@@H]1COCCN1c1cc(N=[SH](C)(O)c2ccc(Br)cc2)c2ccnc(-c3ccn[nH]3)c2n1. The Morgan fingerprint density at radius 1 is 1.21 bits per heavy atom. The lowest BCUT2D eigenvalue weighted by molar-refractivity contribution is 0.0986. The maximum atomic E-state index is 11.4. The van der Waals surface area contributed by atoms with Crippen molar-refractivity contribution in [2.24, 2.45) is 4.36 Å². The summed E-state index contributed by atoms with van der Waals surface area (Å²) in [7, 11) is -2.80. The second-order valence-corrected chi connectivity index (χ2v) is 11.6. The van der Waals surface area contributed by atoms with E-state index in [1.165, 1.54) is 0 Å². The summed E-state index contributed by atoms with van der Waals surface area (Å²) in [5.74, 6) is 0.793. The van der Waals surface area contributed by atoms with E-state index in [9.17, 15) is 4.55 Å². The Bertz CT molecular complexity index is 1340. The van der Waals surface area contributed by atoms with Gasteiger partial charge in [0.15, 0.2) is 0 Å². The standard InChI is InChI=1S/C23H25BrN6O2S/c1-15-14-32-12-11-30(15)21-13-20(29-33(2,31)17-5-3-16(24)4-6-17)18-7-9-25-23(22(18)27-21)19-8-10-26-28-19/h3-10,13,15,33H,11-12,14H2,1-2H3,(H,26,28)(H,27,29,31)/t15-/m1/s1. The maximum absolute atomic E-state index is 11.4. The number of hydrogen-bond acceptors (Lipinski definition) is 6. The fraction of sp³-hybridized carbons (Fsp3) is 0.261. The number of rotatable bonds is 4. The molecule has 8 nitrogen and oxygen atoms in total. The number of nitrogens with one attached hydrogen (secondary N) is 1. The van der Waals surface area contributed by atoms with E-state index in [0.717, 1.165) is 32.8 Å². The average Bonchev–Trinajstić information content (AvgIpc) is 3.34. The lowest BCUT2D eigenvalue weighted by atomic mass is 10.1. The number of H-pyrrole nitrogens is 1. The molecule has 1 aliphatic rings. The van der Waals surface area contributed by atoms with Gasteiger partial charge in [0.25, 0.3) is 0 Å². The molecule has 0 radical (unpaired) electrons. The smallest absolute Gasteiger partial charge is 0.131 e. The van der Waals surface area contributed by atoms with Crippen molar-refractivity contribution in [3.8, 4) is 11.4 Å². The number of aromatic nitrogens is 4. The number of fused-ring (bicyclic) bond motifs is 1. The fourth-order valence-corrected chi connectivity index (χ4v) is 5.67. The highest BCUT2D eigenvalue weighted by Crippen LogP contribution is 2.36. The Balaban J connectivity index is 1.75. The van der Waals surface area contributed by atoms with Crippen LogP contribution in [-0.4, -0.2) is 56.8 Å². The lowest BCUT2D eigenvalue weighted by Crippen LogP contribution is -2.44. The number of halogens is 1. The molecule has 0 bridgehead atoms. The Kier molecular flexibility index (Phi) is 6.00. The molecule has 0 saturated carbocycles. The number of nitrogens with zero attached hydrogens (tertiary/aromatic N) is 5. The normalized spacial score (nSPS) is 17.3. The molecule has 1 saturated heterocycles. The lowest BCUT2D eigenvalue weighted by Gasteiger charge is -2.34. The molecule has 0 amide bonds. The van der Waals surface area contributed by atoms with Gasteiger partial charge >= 0.3 is 0 Å². The van der Waals surface area contributed by atoms with E-state index in [2.05, 4.69) is 42.9 Å². The van der Waals surface area contributed by atoms with Crippen molar-refractivity contribution in [2.75, 3.05) is 30.9 Å². The minimum atomic E-state index is -2.80. The van der Waals surface area contributed by atoms with Crippen LogP contribution >= 0.6 is 15.9 Å². The van der Waals surface area contributed by atoms with Crippen LogP contribution in [0.5, 0.6) is 0 Å². The number of aromatic amines is 1. The first kappa shape index (κ1) is 22.1. The van der Waals surface area contributed by atoms with E-state index >= 15 is 0 Å². The van der Waals surface area contributed by atoms with Crippen LogP contribution in [0, 0.1) is 0 Å². The number of pyridine rings is 2. The van der Waals surface area contributed by atoms with Gasteiger partial charge in [-0.15, -0.1) is 0 Å². The molecule has 0 aliphatic carbocycles. The third-order valence-corrected chi connectivity index (χ3v) is 8.14. The van der Waals surface area contributed by atoms with Gasteiger partial charge < -0.3 is 14.2 Å². The van der Waals surface area contributed by atoms with Gasteiger partial charge in [-0.2, -0.15) is 5.10 Å². The van der Waals surface area contributed by atoms with Gasteiger partial charge in [-0.1, -0.05) is 26.0 Å². The highest BCUT2D eigenvalue weighted by atomic mass is 79.9. The van der Waals surface area contributed by atoms with Gasteiger partial charge in [-0.25, -0.2) is 9.35 Å². The van der Waals surface area contributed by atoms with E-state index in [4.69, 9.17) is 14.1 Å². The van der Waals surface area contributed by atoms with E-state index in [-0.39, 0.29) is 6.04 Å². The van der Waals surface area contributed by atoms with Crippen LogP contribution in [-0.2, 0) is 14.8 Å². The molecule has 3 aromatic heterocycles. The third kappa shape index (κ3) is 4.43. The topological polar surface area (TPSA) is 99.5 Å². The fourth-order valence-electron chi connectivity index (χ4n) is 3.99. The van der Waals surface area contributed by atoms with Crippen molar-refractivity contribution >= 4 is 48.4 Å². The van der Waals surface area contributed by atoms with Crippen LogP contribution in [0.3, 0.4) is 0 Å². The Morgan fingerprint density at radius 3 is 2.76 bits per heavy atom. The zero-order valence-corrected chi connectivity index (χ0v) is 20.8. The molecule has 0 unspecified atom stereocenters. The molecule has 4 heterocycles. The third-order valence-electron chi connectivity index (χ3n) is 5.73. The number of hydrogen-bond donors (Lipinski definition) is 3. The summed E-state index contributed by atoms with van der Waals surface area (Å²) in [6.45, 7) is 4.12. The second kappa shape index (κ2) is 8.94. The van der Waals surface area contributed by atoms with Crippen molar-refractivity contribution in [1.29, 1.82) is 0 Å². The highest BCUT2D eigenvalue weighted by molar-refractivity contribution is 9.10. The first-order valence-electron chi connectivity index (χ1n) is 10.6. The van der Waals surface area contributed by atoms with Crippen LogP contribution in [0.25, 0.3) is 22.3 Å². The van der Waals surface area contributed by atoms with Gasteiger partial charge in [-0.3, -0.25) is 10.1 Å². The summed E-state index contributed by atoms with van der Waals surface area (Å²) in [4.78, 5) is 12.6. The number of morpholine rings is 1. The molecule has 2 N–H and O–H groups in total. The first-order chi connectivity index (χ1) is 15.9. The minimum Gasteiger partial charge on any atom is -0.377 e. The summed E-state index contributed by atoms with van der Waals surface area (Å²) in [6, 6.07) is 13.6. The molecule has 1 atom stereocenters. The predicted octanol–water partition coefficient (Wildman–Crippen LogP) is 4.87. The van der Waals surface area contributed by atoms with Gasteiger partial charge in [0, 0.05) is 39.8 Å². The number of ether oxygens (including phenoxy) is 1. The quantitative estimate of drug-likeness (QED) is 0.326. The van der Waals surface area contributed by atoms with Gasteiger partial charge in [0.2, 0.25) is 0 Å². The second-order valence-electron chi connectivity index (χ2n) is 8.13. The van der Waals surface area contributed by atoms with Crippen LogP contribution in [0.4, 0.5) is 11.5 Å². The monoisotopic (exact) mass is 528 g/mol. The Labute approximate surface area is 201 Å². The van der Waals surface area contributed by atoms with Gasteiger partial charge in [-0.05, 0) is 49.6 Å². The zero-order valence-electron chi connectivity index (χ0n) is 18.3. The van der Waals surface area contributed by atoms with Crippen molar-refractivity contribution in [1.82, 2.24) is 20.2 Å². The molecule has 33 heavy (non-hydrogen) atoms. The van der Waals surface area contributed by atoms with Crippen LogP contribution in [0.2, 0.25) is 0 Å². The zero-order chi connectivity index (χ0) is 23.0. The number of benzene rings is 1. The molecule has 1 fully saturated rings. The predicted molar refractivity (Wildman–Crippen MR) is 137 cm³/mol. The van der Waals surface area contributed by atoms with Gasteiger partial charge in [0.1, 0.15) is 17.0 Å². The van der Waals surface area contributed by atoms with Crippen LogP contribution in [0.15, 0.2) is 68.6 Å². The average molecular weight is 529 g/mol. The number of thiol groups is 1. The van der Waals surface area contributed by atoms with Crippen molar-refractivity contribution in [2.45, 2.75) is 17.9 Å². The molecule has 5 rings (SSSR count). The van der Waals surface area contributed by atoms with Crippen molar-refractivity contribution in [3.63, 3.8) is 0 Å². The Hall–Kier alpha value is -2.66. The summed E-state index contributed by atoms with van der Waals surface area (Å²) < 4.78 is 22.9. The summed E-state index contributed by atoms with van der Waals surface area (Å²) in [5, 5.41) is 7.90. The number of anilines is 1. The summed E-state index contributed by atoms with van der Waals surface area (Å²) in [6.07, 6.45) is 5.23. The van der Waals surface area contributed by atoms with E-state index in [1.807, 2.05) is 42.5 Å². The van der Waals surface area contributed by atoms with Crippen LogP contribution in [0.1, 0.15) is 6.92 Å². The van der Waals surface area contributed by atoms with Crippen LogP contribution < -0.4 is 4.90 Å². The molecular formula is C23H25BrN6O2S. The van der Waals surface area contributed by atoms with E-state index < -0.39 is 10.1 Å². The van der Waals surface area contributed by atoms with E-state index in [1.54, 1.807) is 18.6 Å². The van der Waals surface area contributed by atoms with Crippen molar-refractivity contribution in [3.05, 3.63) is 59.3 Å². The minimum absolute atomic E-state index is 0.172. The highest BCUT2D eigenvalue weighted by Gasteiger charge is 2.23. The Morgan fingerprint density at radius 2 is 2.03 bits per heavy atom. The molecule has 172 valence electrons. The molecule has 1 aromatic carbocycles. The molecule has 0 spiro atoms.